The van der Waals surface area contributed by atoms with E-state index in [9.17, 15) is 13.2 Å². The molecule has 0 aromatic heterocycles. The maximum atomic E-state index is 12.8. The standard InChI is InChI=1S/C21H26N2O3S/c1-2-3-7-14-22-27(25,26)19-12-13-20-18(16-19)11-8-15-23(20)21(24)17-9-5-4-6-10-17/h4-6,9-10,12-13,16,22H,2-3,7-8,11,14-15H2,1H3. The van der Waals surface area contributed by atoms with Crippen LogP contribution in [0.5, 0.6) is 0 Å². The lowest BCUT2D eigenvalue weighted by molar-refractivity contribution is 0.0985. The Morgan fingerprint density at radius 3 is 2.63 bits per heavy atom. The Bertz CT molecular complexity index is 895. The van der Waals surface area contributed by atoms with E-state index in [4.69, 9.17) is 0 Å². The van der Waals surface area contributed by atoms with Crippen LogP contribution in [0.4, 0.5) is 5.69 Å². The molecule has 6 heteroatoms. The fourth-order valence-corrected chi connectivity index (χ4v) is 4.48. The Morgan fingerprint density at radius 1 is 1.11 bits per heavy atom. The van der Waals surface area contributed by atoms with Gasteiger partial charge in [-0.1, -0.05) is 38.0 Å². The number of rotatable bonds is 7. The zero-order valence-corrected chi connectivity index (χ0v) is 16.5. The lowest BCUT2D eigenvalue weighted by atomic mass is 10.0. The third kappa shape index (κ3) is 4.57. The number of nitrogens with zero attached hydrogens (tertiary/aromatic N) is 1. The van der Waals surface area contributed by atoms with Gasteiger partial charge in [0.2, 0.25) is 10.0 Å². The van der Waals surface area contributed by atoms with Crippen molar-refractivity contribution >= 4 is 21.6 Å². The largest absolute Gasteiger partial charge is 0.308 e. The smallest absolute Gasteiger partial charge is 0.258 e. The molecular formula is C21H26N2O3S. The molecule has 144 valence electrons. The van der Waals surface area contributed by atoms with Crippen molar-refractivity contribution in [3.8, 4) is 0 Å². The summed E-state index contributed by atoms with van der Waals surface area (Å²) in [4.78, 5) is 14.9. The van der Waals surface area contributed by atoms with Gasteiger partial charge in [0.05, 0.1) is 4.90 Å². The lowest BCUT2D eigenvalue weighted by Crippen LogP contribution is -2.35. The van der Waals surface area contributed by atoms with Gasteiger partial charge in [0, 0.05) is 24.3 Å². The van der Waals surface area contributed by atoms with Gasteiger partial charge in [0.15, 0.2) is 0 Å². The first-order chi connectivity index (χ1) is 13.0. The molecule has 0 radical (unpaired) electrons. The van der Waals surface area contributed by atoms with E-state index in [2.05, 4.69) is 11.6 Å². The van der Waals surface area contributed by atoms with Gasteiger partial charge in [0.25, 0.3) is 5.91 Å². The number of sulfonamides is 1. The highest BCUT2D eigenvalue weighted by molar-refractivity contribution is 7.89. The third-order valence-electron chi connectivity index (χ3n) is 4.82. The van der Waals surface area contributed by atoms with Crippen LogP contribution in [0.1, 0.15) is 48.5 Å². The summed E-state index contributed by atoms with van der Waals surface area (Å²) in [5.74, 6) is -0.0511. The molecule has 0 aliphatic carbocycles. The highest BCUT2D eigenvalue weighted by Crippen LogP contribution is 2.30. The van der Waals surface area contributed by atoms with Crippen LogP contribution in [0.25, 0.3) is 0 Å². The van der Waals surface area contributed by atoms with Crippen LogP contribution in [-0.2, 0) is 16.4 Å². The summed E-state index contributed by atoms with van der Waals surface area (Å²) in [6.07, 6.45) is 4.47. The van der Waals surface area contributed by atoms with E-state index in [1.165, 1.54) is 0 Å². The van der Waals surface area contributed by atoms with Crippen molar-refractivity contribution in [2.75, 3.05) is 18.0 Å². The van der Waals surface area contributed by atoms with Crippen LogP contribution in [0.15, 0.2) is 53.4 Å². The van der Waals surface area contributed by atoms with Crippen LogP contribution in [-0.4, -0.2) is 27.4 Å². The second-order valence-electron chi connectivity index (χ2n) is 6.82. The maximum absolute atomic E-state index is 12.8. The molecule has 0 bridgehead atoms. The van der Waals surface area contributed by atoms with Gasteiger partial charge < -0.3 is 4.90 Å². The van der Waals surface area contributed by atoms with E-state index in [0.717, 1.165) is 43.4 Å². The number of benzene rings is 2. The number of fused-ring (bicyclic) bond motifs is 1. The van der Waals surface area contributed by atoms with Crippen molar-refractivity contribution in [1.82, 2.24) is 4.72 Å². The lowest BCUT2D eigenvalue weighted by Gasteiger charge is -2.30. The van der Waals surface area contributed by atoms with Crippen LogP contribution >= 0.6 is 0 Å². The summed E-state index contributed by atoms with van der Waals surface area (Å²) in [7, 11) is -3.52. The number of anilines is 1. The summed E-state index contributed by atoms with van der Waals surface area (Å²) in [5, 5.41) is 0. The van der Waals surface area contributed by atoms with Gasteiger partial charge in [-0.15, -0.1) is 0 Å². The summed E-state index contributed by atoms with van der Waals surface area (Å²) >= 11 is 0. The molecule has 0 atom stereocenters. The Hall–Kier alpha value is -2.18. The van der Waals surface area contributed by atoms with Crippen molar-refractivity contribution in [1.29, 1.82) is 0 Å². The summed E-state index contributed by atoms with van der Waals surface area (Å²) in [6, 6.07) is 14.2. The number of carbonyl (C=O) groups excluding carboxylic acids is 1. The van der Waals surface area contributed by atoms with E-state index in [1.54, 1.807) is 35.2 Å². The SMILES string of the molecule is CCCCCNS(=O)(=O)c1ccc2c(c1)CCCN2C(=O)c1ccccc1. The third-order valence-corrected chi connectivity index (χ3v) is 6.28. The molecule has 0 unspecified atom stereocenters. The van der Waals surface area contributed by atoms with E-state index in [0.29, 0.717) is 18.7 Å². The van der Waals surface area contributed by atoms with E-state index >= 15 is 0 Å². The monoisotopic (exact) mass is 386 g/mol. The zero-order chi connectivity index (χ0) is 19.3. The topological polar surface area (TPSA) is 66.5 Å². The van der Waals surface area contributed by atoms with Gasteiger partial charge >= 0.3 is 0 Å². The number of nitrogens with one attached hydrogen (secondary N) is 1. The van der Waals surface area contributed by atoms with Gasteiger partial charge in [-0.2, -0.15) is 0 Å². The van der Waals surface area contributed by atoms with Crippen molar-refractivity contribution in [3.05, 3.63) is 59.7 Å². The molecule has 1 aliphatic heterocycles. The molecule has 1 aliphatic rings. The summed E-state index contributed by atoms with van der Waals surface area (Å²) in [6.45, 7) is 3.18. The number of amides is 1. The predicted octanol–water partition coefficient (Wildman–Crippen LogP) is 3.75. The molecule has 0 saturated heterocycles. The number of unbranched alkanes of at least 4 members (excludes halogenated alkanes) is 2. The molecule has 1 N–H and O–H groups in total. The first kappa shape index (κ1) is 19.6. The number of carbonyl (C=O) groups is 1. The molecule has 27 heavy (non-hydrogen) atoms. The molecular weight excluding hydrogens is 360 g/mol. The number of hydrogen-bond donors (Lipinski definition) is 1. The van der Waals surface area contributed by atoms with Gasteiger partial charge in [0.1, 0.15) is 0 Å². The predicted molar refractivity (Wildman–Crippen MR) is 108 cm³/mol. The molecule has 5 nitrogen and oxygen atoms in total. The molecule has 0 saturated carbocycles. The summed E-state index contributed by atoms with van der Waals surface area (Å²) in [5.41, 5.74) is 2.35. The first-order valence-corrected chi connectivity index (χ1v) is 11.0. The molecule has 0 fully saturated rings. The first-order valence-electron chi connectivity index (χ1n) is 9.52. The second kappa shape index (κ2) is 8.67. The minimum atomic E-state index is -3.52. The quantitative estimate of drug-likeness (QED) is 0.737. The minimum absolute atomic E-state index is 0.0511. The van der Waals surface area contributed by atoms with Crippen LogP contribution in [0, 0.1) is 0 Å². The van der Waals surface area contributed by atoms with E-state index < -0.39 is 10.0 Å². The maximum Gasteiger partial charge on any atom is 0.258 e. The second-order valence-corrected chi connectivity index (χ2v) is 8.59. The normalized spacial score (nSPS) is 14.0. The van der Waals surface area contributed by atoms with Gasteiger partial charge in [-0.25, -0.2) is 13.1 Å². The Labute approximate surface area is 161 Å². The van der Waals surface area contributed by atoms with Gasteiger partial charge in [-0.05, 0) is 55.2 Å². The molecule has 1 amide bonds. The van der Waals surface area contributed by atoms with E-state index in [-0.39, 0.29) is 10.8 Å². The van der Waals surface area contributed by atoms with Crippen LogP contribution < -0.4 is 9.62 Å². The Morgan fingerprint density at radius 2 is 1.89 bits per heavy atom. The highest BCUT2D eigenvalue weighted by Gasteiger charge is 2.25. The molecule has 1 heterocycles. The number of aryl methyl sites for hydroxylation is 1. The fraction of sp³-hybridized carbons (Fsp3) is 0.381. The van der Waals surface area contributed by atoms with Crippen LogP contribution in [0.2, 0.25) is 0 Å². The molecule has 2 aromatic rings. The average molecular weight is 387 g/mol. The minimum Gasteiger partial charge on any atom is -0.308 e. The van der Waals surface area contributed by atoms with Crippen molar-refractivity contribution < 1.29 is 13.2 Å². The van der Waals surface area contributed by atoms with Crippen molar-refractivity contribution in [2.45, 2.75) is 43.9 Å². The fourth-order valence-electron chi connectivity index (χ4n) is 3.35. The van der Waals surface area contributed by atoms with E-state index in [1.807, 2.05) is 18.2 Å². The van der Waals surface area contributed by atoms with Crippen molar-refractivity contribution in [3.63, 3.8) is 0 Å². The Kier molecular flexibility index (Phi) is 6.29. The molecule has 0 spiro atoms. The molecule has 2 aromatic carbocycles. The highest BCUT2D eigenvalue weighted by atomic mass is 32.2. The van der Waals surface area contributed by atoms with Crippen molar-refractivity contribution in [2.24, 2.45) is 0 Å². The zero-order valence-electron chi connectivity index (χ0n) is 15.6. The van der Waals surface area contributed by atoms with Crippen LogP contribution in [0.3, 0.4) is 0 Å². The average Bonchev–Trinajstić information content (AvgIpc) is 2.70. The van der Waals surface area contributed by atoms with Gasteiger partial charge in [-0.3, -0.25) is 4.79 Å². The molecule has 3 rings (SSSR count). The summed E-state index contributed by atoms with van der Waals surface area (Å²) < 4.78 is 27.7. The number of hydrogen-bond acceptors (Lipinski definition) is 3. The Balaban J connectivity index is 1.81.